The second-order valence-electron chi connectivity index (χ2n) is 6.30. The summed E-state index contributed by atoms with van der Waals surface area (Å²) in [5, 5.41) is 0.674. The molecule has 0 saturated heterocycles. The highest BCUT2D eigenvalue weighted by Crippen LogP contribution is 2.45. The molecule has 132 valence electrons. The van der Waals surface area contributed by atoms with Gasteiger partial charge in [-0.1, -0.05) is 54.1 Å². The van der Waals surface area contributed by atoms with Crippen molar-refractivity contribution in [3.05, 3.63) is 98.4 Å². The molecular weight excluding hydrogens is 350 g/mol. The fourth-order valence-electron chi connectivity index (χ4n) is 3.29. The van der Waals surface area contributed by atoms with Gasteiger partial charge in [-0.2, -0.15) is 0 Å². The SMILES string of the molecule is CC1OC(c2ccc(Cl)cc2)c2c[nH]c(=O)c(OCc3ccccc3)c21. The average molecular weight is 368 g/mol. The first-order valence-electron chi connectivity index (χ1n) is 8.46. The third-order valence-corrected chi connectivity index (χ3v) is 4.80. The molecule has 4 rings (SSSR count). The van der Waals surface area contributed by atoms with Crippen LogP contribution in [-0.4, -0.2) is 4.98 Å². The van der Waals surface area contributed by atoms with Gasteiger partial charge in [-0.25, -0.2) is 0 Å². The van der Waals surface area contributed by atoms with Gasteiger partial charge < -0.3 is 14.5 Å². The Hall–Kier alpha value is -2.56. The summed E-state index contributed by atoms with van der Waals surface area (Å²) in [4.78, 5) is 15.2. The number of ether oxygens (including phenoxy) is 2. The molecule has 3 aromatic rings. The van der Waals surface area contributed by atoms with Gasteiger partial charge in [0, 0.05) is 22.3 Å². The highest BCUT2D eigenvalue weighted by molar-refractivity contribution is 6.30. The largest absolute Gasteiger partial charge is 0.483 e. The smallest absolute Gasteiger partial charge is 0.290 e. The van der Waals surface area contributed by atoms with Crippen LogP contribution < -0.4 is 10.3 Å². The molecule has 1 aliphatic rings. The predicted molar refractivity (Wildman–Crippen MR) is 101 cm³/mol. The third-order valence-electron chi connectivity index (χ3n) is 4.55. The average Bonchev–Trinajstić information content (AvgIpc) is 2.99. The number of rotatable bonds is 4. The lowest BCUT2D eigenvalue weighted by atomic mass is 9.99. The summed E-state index contributed by atoms with van der Waals surface area (Å²) in [7, 11) is 0. The Balaban J connectivity index is 1.69. The lowest BCUT2D eigenvalue weighted by Crippen LogP contribution is -2.14. The molecule has 5 heteroatoms. The van der Waals surface area contributed by atoms with Crippen LogP contribution in [0.15, 0.2) is 65.6 Å². The minimum Gasteiger partial charge on any atom is -0.483 e. The van der Waals surface area contributed by atoms with Gasteiger partial charge in [0.25, 0.3) is 5.56 Å². The molecule has 1 N–H and O–H groups in total. The molecule has 4 nitrogen and oxygen atoms in total. The van der Waals surface area contributed by atoms with Gasteiger partial charge in [-0.15, -0.1) is 0 Å². The molecule has 0 aliphatic carbocycles. The second-order valence-corrected chi connectivity index (χ2v) is 6.74. The van der Waals surface area contributed by atoms with E-state index < -0.39 is 0 Å². The maximum Gasteiger partial charge on any atom is 0.290 e. The monoisotopic (exact) mass is 367 g/mol. The summed E-state index contributed by atoms with van der Waals surface area (Å²) in [6.45, 7) is 2.27. The summed E-state index contributed by atoms with van der Waals surface area (Å²) < 4.78 is 12.0. The molecule has 2 atom stereocenters. The fourth-order valence-corrected chi connectivity index (χ4v) is 3.42. The van der Waals surface area contributed by atoms with Crippen LogP contribution >= 0.6 is 11.6 Å². The molecule has 26 heavy (non-hydrogen) atoms. The molecule has 0 saturated carbocycles. The highest BCUT2D eigenvalue weighted by atomic mass is 35.5. The van der Waals surface area contributed by atoms with Crippen molar-refractivity contribution in [3.63, 3.8) is 0 Å². The zero-order chi connectivity index (χ0) is 18.1. The first-order chi connectivity index (χ1) is 12.6. The number of fused-ring (bicyclic) bond motifs is 1. The molecule has 1 aliphatic heterocycles. The standard InChI is InChI=1S/C21H18ClNO3/c1-13-18-17(19(26-13)15-7-9-16(22)10-8-15)11-23-21(24)20(18)25-12-14-5-3-2-4-6-14/h2-11,13,19H,12H2,1H3,(H,23,24). The number of H-pyrrole nitrogens is 1. The van der Waals surface area contributed by atoms with Crippen molar-refractivity contribution in [2.45, 2.75) is 25.7 Å². The topological polar surface area (TPSA) is 51.3 Å². The zero-order valence-corrected chi connectivity index (χ0v) is 15.0. The summed E-state index contributed by atoms with van der Waals surface area (Å²) in [5.41, 5.74) is 3.48. The number of aromatic nitrogens is 1. The van der Waals surface area contributed by atoms with E-state index in [1.54, 1.807) is 6.20 Å². The summed E-state index contributed by atoms with van der Waals surface area (Å²) in [6, 6.07) is 17.3. The van der Waals surface area contributed by atoms with Crippen molar-refractivity contribution in [2.24, 2.45) is 0 Å². The minimum absolute atomic E-state index is 0.237. The van der Waals surface area contributed by atoms with Crippen LogP contribution in [0.1, 0.15) is 41.4 Å². The molecule has 0 radical (unpaired) electrons. The maximum absolute atomic E-state index is 12.4. The van der Waals surface area contributed by atoms with Crippen molar-refractivity contribution in [3.8, 4) is 5.75 Å². The Morgan fingerprint density at radius 3 is 2.58 bits per heavy atom. The van der Waals surface area contributed by atoms with E-state index in [9.17, 15) is 4.79 Å². The quantitative estimate of drug-likeness (QED) is 0.721. The van der Waals surface area contributed by atoms with Crippen LogP contribution in [0.4, 0.5) is 0 Å². The van der Waals surface area contributed by atoms with Crippen LogP contribution in [-0.2, 0) is 11.3 Å². The van der Waals surface area contributed by atoms with Gasteiger partial charge in [-0.3, -0.25) is 4.79 Å². The number of benzene rings is 2. The van der Waals surface area contributed by atoms with Gasteiger partial charge in [-0.05, 0) is 30.2 Å². The molecule has 2 aromatic carbocycles. The Morgan fingerprint density at radius 1 is 1.12 bits per heavy atom. The Labute approximate surface area is 156 Å². The van der Waals surface area contributed by atoms with Gasteiger partial charge in [0.05, 0.1) is 6.10 Å². The Kier molecular flexibility index (Phi) is 4.53. The summed E-state index contributed by atoms with van der Waals surface area (Å²) in [6.07, 6.45) is 1.22. The number of aromatic amines is 1. The number of halogens is 1. The Morgan fingerprint density at radius 2 is 1.85 bits per heavy atom. The van der Waals surface area contributed by atoms with Crippen LogP contribution in [0.2, 0.25) is 5.02 Å². The number of hydrogen-bond acceptors (Lipinski definition) is 3. The van der Waals surface area contributed by atoms with Crippen molar-refractivity contribution in [2.75, 3.05) is 0 Å². The van der Waals surface area contributed by atoms with Crippen molar-refractivity contribution < 1.29 is 9.47 Å². The molecule has 2 unspecified atom stereocenters. The van der Waals surface area contributed by atoms with E-state index in [0.29, 0.717) is 17.4 Å². The normalized spacial score (nSPS) is 18.5. The lowest BCUT2D eigenvalue weighted by molar-refractivity contribution is 0.0443. The van der Waals surface area contributed by atoms with Crippen molar-refractivity contribution in [1.29, 1.82) is 0 Å². The number of pyridine rings is 1. The van der Waals surface area contributed by atoms with E-state index >= 15 is 0 Å². The van der Waals surface area contributed by atoms with Gasteiger partial charge in [0.2, 0.25) is 0 Å². The molecule has 2 heterocycles. The zero-order valence-electron chi connectivity index (χ0n) is 14.2. The summed E-state index contributed by atoms with van der Waals surface area (Å²) >= 11 is 5.98. The molecule has 0 bridgehead atoms. The van der Waals surface area contributed by atoms with E-state index in [-0.39, 0.29) is 17.8 Å². The molecular formula is C21H18ClNO3. The van der Waals surface area contributed by atoms with Gasteiger partial charge in [0.15, 0.2) is 5.75 Å². The lowest BCUT2D eigenvalue weighted by Gasteiger charge is -2.12. The van der Waals surface area contributed by atoms with Crippen LogP contribution in [0.3, 0.4) is 0 Å². The van der Waals surface area contributed by atoms with Crippen molar-refractivity contribution >= 4 is 11.6 Å². The number of nitrogens with one attached hydrogen (secondary N) is 1. The van der Waals surface area contributed by atoms with Crippen LogP contribution in [0.25, 0.3) is 0 Å². The van der Waals surface area contributed by atoms with E-state index in [2.05, 4.69) is 4.98 Å². The van der Waals surface area contributed by atoms with Gasteiger partial charge >= 0.3 is 0 Å². The second kappa shape index (κ2) is 6.98. The number of hydrogen-bond donors (Lipinski definition) is 1. The van der Waals surface area contributed by atoms with E-state index in [1.165, 1.54) is 0 Å². The van der Waals surface area contributed by atoms with E-state index in [0.717, 1.165) is 22.3 Å². The van der Waals surface area contributed by atoms with Crippen molar-refractivity contribution in [1.82, 2.24) is 4.98 Å². The molecule has 0 spiro atoms. The van der Waals surface area contributed by atoms with E-state index in [1.807, 2.05) is 61.5 Å². The third kappa shape index (κ3) is 3.14. The van der Waals surface area contributed by atoms with E-state index in [4.69, 9.17) is 21.1 Å². The molecule has 0 fully saturated rings. The Bertz CT molecular complexity index is 967. The summed E-state index contributed by atoms with van der Waals surface area (Å²) in [5.74, 6) is 0.329. The molecule has 1 aromatic heterocycles. The maximum atomic E-state index is 12.4. The minimum atomic E-state index is -0.256. The van der Waals surface area contributed by atoms with Gasteiger partial charge in [0.1, 0.15) is 12.7 Å². The van der Waals surface area contributed by atoms with Crippen LogP contribution in [0.5, 0.6) is 5.75 Å². The first kappa shape index (κ1) is 16.9. The highest BCUT2D eigenvalue weighted by Gasteiger charge is 2.34. The van der Waals surface area contributed by atoms with Crippen LogP contribution in [0, 0.1) is 0 Å². The first-order valence-corrected chi connectivity index (χ1v) is 8.84. The molecule has 0 amide bonds. The predicted octanol–water partition coefficient (Wildman–Crippen LogP) is 4.79. The fraction of sp³-hybridized carbons (Fsp3) is 0.190.